The van der Waals surface area contributed by atoms with Gasteiger partial charge < -0.3 is 5.11 Å². The minimum atomic E-state index is -0.0705. The van der Waals surface area contributed by atoms with Gasteiger partial charge in [-0.2, -0.15) is 0 Å². The van der Waals surface area contributed by atoms with Crippen molar-refractivity contribution in [3.63, 3.8) is 0 Å². The summed E-state index contributed by atoms with van der Waals surface area (Å²) in [6.07, 6.45) is 3.71. The number of hydrogen-bond acceptors (Lipinski definition) is 2. The van der Waals surface area contributed by atoms with Crippen LogP contribution in [0.2, 0.25) is 0 Å². The van der Waals surface area contributed by atoms with Crippen LogP contribution in [0.15, 0.2) is 6.07 Å². The van der Waals surface area contributed by atoms with E-state index in [0.717, 1.165) is 36.7 Å². The van der Waals surface area contributed by atoms with E-state index < -0.39 is 0 Å². The van der Waals surface area contributed by atoms with Crippen LogP contribution in [0.1, 0.15) is 74.5 Å². The molecule has 0 aliphatic heterocycles. The van der Waals surface area contributed by atoms with Crippen molar-refractivity contribution in [2.24, 2.45) is 0 Å². The molecule has 0 spiro atoms. The lowest BCUT2D eigenvalue weighted by Crippen LogP contribution is -2.34. The van der Waals surface area contributed by atoms with Gasteiger partial charge >= 0.3 is 0 Å². The van der Waals surface area contributed by atoms with Gasteiger partial charge in [0.1, 0.15) is 5.75 Å². The van der Waals surface area contributed by atoms with Gasteiger partial charge in [-0.05, 0) is 41.2 Å². The standard InChI is InChI=1S/C17H24O2/c1-6-11-9-13-14(15(19)12(11)10-18)17(4,5)8-7-16(13,2)3/h9-10,19H,6-8H2,1-5H3. The number of hydrogen-bond donors (Lipinski definition) is 1. The first kappa shape index (κ1) is 14.1. The van der Waals surface area contributed by atoms with Crippen molar-refractivity contribution < 1.29 is 9.90 Å². The predicted molar refractivity (Wildman–Crippen MR) is 78.2 cm³/mol. The van der Waals surface area contributed by atoms with E-state index in [-0.39, 0.29) is 16.6 Å². The van der Waals surface area contributed by atoms with E-state index in [1.54, 1.807) is 0 Å². The molecule has 0 unspecified atom stereocenters. The summed E-state index contributed by atoms with van der Waals surface area (Å²) in [7, 11) is 0. The highest BCUT2D eigenvalue weighted by Crippen LogP contribution is 2.50. The van der Waals surface area contributed by atoms with Crippen molar-refractivity contribution in [2.45, 2.75) is 64.7 Å². The molecule has 0 saturated carbocycles. The molecule has 19 heavy (non-hydrogen) atoms. The number of benzene rings is 1. The number of rotatable bonds is 2. The van der Waals surface area contributed by atoms with E-state index in [0.29, 0.717) is 5.56 Å². The smallest absolute Gasteiger partial charge is 0.154 e. The number of aldehydes is 1. The van der Waals surface area contributed by atoms with Gasteiger partial charge in [0, 0.05) is 5.56 Å². The Hall–Kier alpha value is -1.31. The van der Waals surface area contributed by atoms with Gasteiger partial charge in [-0.25, -0.2) is 0 Å². The van der Waals surface area contributed by atoms with Crippen LogP contribution in [0.25, 0.3) is 0 Å². The average molecular weight is 260 g/mol. The summed E-state index contributed by atoms with van der Waals surface area (Å²) in [4.78, 5) is 11.3. The van der Waals surface area contributed by atoms with Gasteiger partial charge in [-0.3, -0.25) is 4.79 Å². The number of aromatic hydroxyl groups is 1. The second kappa shape index (κ2) is 4.36. The molecule has 0 radical (unpaired) electrons. The third kappa shape index (κ3) is 2.07. The Morgan fingerprint density at radius 3 is 2.32 bits per heavy atom. The van der Waals surface area contributed by atoms with Crippen LogP contribution in [0.5, 0.6) is 5.75 Å². The quantitative estimate of drug-likeness (QED) is 0.812. The summed E-state index contributed by atoms with van der Waals surface area (Å²) in [5, 5.41) is 10.6. The molecule has 2 nitrogen and oxygen atoms in total. The highest BCUT2D eigenvalue weighted by molar-refractivity contribution is 5.83. The Labute approximate surface area is 115 Å². The second-order valence-electron chi connectivity index (χ2n) is 6.96. The van der Waals surface area contributed by atoms with E-state index in [1.165, 1.54) is 5.56 Å². The molecule has 1 aliphatic rings. The fourth-order valence-electron chi connectivity index (χ4n) is 3.27. The minimum Gasteiger partial charge on any atom is -0.507 e. The van der Waals surface area contributed by atoms with Crippen LogP contribution in [-0.4, -0.2) is 11.4 Å². The summed E-state index contributed by atoms with van der Waals surface area (Å²) in [6, 6.07) is 2.14. The molecular formula is C17H24O2. The average Bonchev–Trinajstić information content (AvgIpc) is 2.33. The fourth-order valence-corrected chi connectivity index (χ4v) is 3.27. The molecule has 0 atom stereocenters. The van der Waals surface area contributed by atoms with Gasteiger partial charge in [0.2, 0.25) is 0 Å². The SMILES string of the molecule is CCc1cc2c(c(O)c1C=O)C(C)(C)CCC2(C)C. The number of fused-ring (bicyclic) bond motifs is 1. The second-order valence-corrected chi connectivity index (χ2v) is 6.96. The molecule has 0 heterocycles. The van der Waals surface area contributed by atoms with Crippen molar-refractivity contribution in [1.29, 1.82) is 0 Å². The first-order chi connectivity index (χ1) is 8.74. The van der Waals surface area contributed by atoms with E-state index in [4.69, 9.17) is 0 Å². The lowest BCUT2D eigenvalue weighted by Gasteiger charge is -2.42. The molecule has 2 rings (SSSR count). The van der Waals surface area contributed by atoms with Crippen LogP contribution in [0.3, 0.4) is 0 Å². The largest absolute Gasteiger partial charge is 0.507 e. The molecule has 104 valence electrons. The molecule has 1 N–H and O–H groups in total. The van der Waals surface area contributed by atoms with Crippen molar-refractivity contribution >= 4 is 6.29 Å². The zero-order valence-electron chi connectivity index (χ0n) is 12.6. The van der Waals surface area contributed by atoms with Gasteiger partial charge in [0.25, 0.3) is 0 Å². The molecule has 1 aromatic carbocycles. The van der Waals surface area contributed by atoms with Gasteiger partial charge in [0.15, 0.2) is 6.29 Å². The van der Waals surface area contributed by atoms with Crippen LogP contribution >= 0.6 is 0 Å². The Kier molecular flexibility index (Phi) is 3.24. The zero-order chi connectivity index (χ0) is 14.4. The molecule has 0 amide bonds. The molecule has 0 fully saturated rings. The molecule has 0 saturated heterocycles. The maximum Gasteiger partial charge on any atom is 0.154 e. The minimum absolute atomic E-state index is 0.0632. The van der Waals surface area contributed by atoms with Gasteiger partial charge in [0.05, 0.1) is 5.56 Å². The van der Waals surface area contributed by atoms with Crippen LogP contribution in [0, 0.1) is 0 Å². The maximum atomic E-state index is 11.3. The number of carbonyl (C=O) groups excluding carboxylic acids is 1. The van der Waals surface area contributed by atoms with Crippen molar-refractivity contribution in [2.75, 3.05) is 0 Å². The van der Waals surface area contributed by atoms with Crippen molar-refractivity contribution in [3.05, 3.63) is 28.3 Å². The molecule has 0 aromatic heterocycles. The molecular weight excluding hydrogens is 236 g/mol. The lowest BCUT2D eigenvalue weighted by molar-refractivity contribution is 0.111. The summed E-state index contributed by atoms with van der Waals surface area (Å²) in [5.41, 5.74) is 3.61. The van der Waals surface area contributed by atoms with Gasteiger partial charge in [-0.15, -0.1) is 0 Å². The summed E-state index contributed by atoms with van der Waals surface area (Å²) < 4.78 is 0. The number of carbonyl (C=O) groups is 1. The Balaban J connectivity index is 2.84. The van der Waals surface area contributed by atoms with E-state index >= 15 is 0 Å². The lowest BCUT2D eigenvalue weighted by atomic mass is 9.62. The highest BCUT2D eigenvalue weighted by Gasteiger charge is 2.40. The maximum absolute atomic E-state index is 11.3. The van der Waals surface area contributed by atoms with Crippen LogP contribution in [0.4, 0.5) is 0 Å². The Morgan fingerprint density at radius 2 is 1.79 bits per heavy atom. The summed E-state index contributed by atoms with van der Waals surface area (Å²) in [5.74, 6) is 0.210. The highest BCUT2D eigenvalue weighted by atomic mass is 16.3. The Bertz CT molecular complexity index is 525. The van der Waals surface area contributed by atoms with Gasteiger partial charge in [-0.1, -0.05) is 40.7 Å². The first-order valence-corrected chi connectivity index (χ1v) is 7.09. The topological polar surface area (TPSA) is 37.3 Å². The predicted octanol–water partition coefficient (Wildman–Crippen LogP) is 4.12. The van der Waals surface area contributed by atoms with E-state index in [9.17, 15) is 9.90 Å². The molecule has 1 aromatic rings. The first-order valence-electron chi connectivity index (χ1n) is 7.09. The van der Waals surface area contributed by atoms with Crippen LogP contribution in [-0.2, 0) is 17.3 Å². The molecule has 1 aliphatic carbocycles. The zero-order valence-corrected chi connectivity index (χ0v) is 12.6. The monoisotopic (exact) mass is 260 g/mol. The molecule has 2 heteroatoms. The van der Waals surface area contributed by atoms with Crippen LogP contribution < -0.4 is 0 Å². The normalized spacial score (nSPS) is 19.8. The fraction of sp³-hybridized carbons (Fsp3) is 0.588. The number of aryl methyl sites for hydroxylation is 1. The number of phenols is 1. The van der Waals surface area contributed by atoms with E-state index in [2.05, 4.69) is 33.8 Å². The number of phenolic OH excluding ortho intramolecular Hbond substituents is 1. The van der Waals surface area contributed by atoms with Crippen molar-refractivity contribution in [1.82, 2.24) is 0 Å². The third-order valence-corrected chi connectivity index (χ3v) is 4.71. The van der Waals surface area contributed by atoms with Crippen molar-refractivity contribution in [3.8, 4) is 5.75 Å². The summed E-state index contributed by atoms with van der Waals surface area (Å²) >= 11 is 0. The Morgan fingerprint density at radius 1 is 1.21 bits per heavy atom. The summed E-state index contributed by atoms with van der Waals surface area (Å²) in [6.45, 7) is 10.8. The molecule has 0 bridgehead atoms. The third-order valence-electron chi connectivity index (χ3n) is 4.71. The van der Waals surface area contributed by atoms with E-state index in [1.807, 2.05) is 6.92 Å².